The van der Waals surface area contributed by atoms with Gasteiger partial charge in [-0.1, -0.05) is 0 Å². The molecule has 1 aliphatic heterocycles. The molecule has 5 nitrogen and oxygen atoms in total. The van der Waals surface area contributed by atoms with Gasteiger partial charge >= 0.3 is 6.03 Å². The van der Waals surface area contributed by atoms with Gasteiger partial charge in [0.25, 0.3) is 0 Å². The molecule has 1 saturated heterocycles. The predicted octanol–water partition coefficient (Wildman–Crippen LogP) is 1.49. The summed E-state index contributed by atoms with van der Waals surface area (Å²) in [5.74, 6) is 0.0127. The molecule has 1 rings (SSSR count). The topological polar surface area (TPSA) is 61.4 Å². The molecule has 5 heteroatoms. The molecule has 1 heterocycles. The largest absolute Gasteiger partial charge is 0.341 e. The molecule has 0 aliphatic carbocycles. The van der Waals surface area contributed by atoms with E-state index in [9.17, 15) is 9.59 Å². The van der Waals surface area contributed by atoms with Crippen LogP contribution in [0.1, 0.15) is 47.0 Å². The summed E-state index contributed by atoms with van der Waals surface area (Å²) in [5.41, 5.74) is -0.294. The van der Waals surface area contributed by atoms with E-state index >= 15 is 0 Å². The number of nitrogens with zero attached hydrogens (tertiary/aromatic N) is 1. The zero-order valence-electron chi connectivity index (χ0n) is 11.9. The molecule has 1 unspecified atom stereocenters. The summed E-state index contributed by atoms with van der Waals surface area (Å²) in [6.07, 6.45) is 3.31. The zero-order valence-corrected chi connectivity index (χ0v) is 11.9. The first-order valence-electron chi connectivity index (χ1n) is 6.67. The Morgan fingerprint density at radius 2 is 1.67 bits per heavy atom. The van der Waals surface area contributed by atoms with Gasteiger partial charge in [-0.2, -0.15) is 0 Å². The minimum Gasteiger partial charge on any atom is -0.341 e. The van der Waals surface area contributed by atoms with Crippen LogP contribution in [0.25, 0.3) is 0 Å². The van der Waals surface area contributed by atoms with E-state index in [4.69, 9.17) is 0 Å². The van der Waals surface area contributed by atoms with Crippen molar-refractivity contribution in [1.29, 1.82) is 0 Å². The van der Waals surface area contributed by atoms with E-state index in [0.29, 0.717) is 0 Å². The first-order chi connectivity index (χ1) is 8.29. The van der Waals surface area contributed by atoms with E-state index in [-0.39, 0.29) is 17.5 Å². The molecule has 18 heavy (non-hydrogen) atoms. The summed E-state index contributed by atoms with van der Waals surface area (Å²) < 4.78 is 0. The molecule has 0 spiro atoms. The van der Waals surface area contributed by atoms with Gasteiger partial charge in [0, 0.05) is 18.6 Å². The fourth-order valence-corrected chi connectivity index (χ4v) is 2.02. The van der Waals surface area contributed by atoms with Crippen molar-refractivity contribution in [2.45, 2.75) is 58.5 Å². The van der Waals surface area contributed by atoms with Crippen molar-refractivity contribution in [2.24, 2.45) is 0 Å². The van der Waals surface area contributed by atoms with E-state index in [1.807, 2.05) is 25.7 Å². The number of piperidine rings is 1. The van der Waals surface area contributed by atoms with Gasteiger partial charge in [0.05, 0.1) is 0 Å². The maximum atomic E-state index is 12.1. The normalized spacial score (nSPS) is 18.1. The first kappa shape index (κ1) is 14.8. The number of likely N-dealkylation sites (tertiary alicyclic amines) is 1. The molecule has 0 aromatic carbocycles. The second kappa shape index (κ2) is 6.07. The zero-order chi connectivity index (χ0) is 13.8. The highest BCUT2D eigenvalue weighted by molar-refractivity contribution is 5.86. The first-order valence-corrected chi connectivity index (χ1v) is 6.67. The molecule has 1 atom stereocenters. The van der Waals surface area contributed by atoms with Crippen LogP contribution in [-0.4, -0.2) is 41.5 Å². The lowest BCUT2D eigenvalue weighted by Gasteiger charge is -2.30. The lowest BCUT2D eigenvalue weighted by Crippen LogP contribution is -2.54. The minimum absolute atomic E-state index is 0.0127. The van der Waals surface area contributed by atoms with Crippen LogP contribution < -0.4 is 10.6 Å². The predicted molar refractivity (Wildman–Crippen MR) is 71.3 cm³/mol. The number of nitrogens with one attached hydrogen (secondary N) is 2. The molecule has 3 amide bonds. The number of hydrogen-bond acceptors (Lipinski definition) is 2. The summed E-state index contributed by atoms with van der Waals surface area (Å²) in [7, 11) is 0. The summed E-state index contributed by atoms with van der Waals surface area (Å²) in [5, 5.41) is 5.48. The Kier molecular flexibility index (Phi) is 4.99. The van der Waals surface area contributed by atoms with Gasteiger partial charge in [-0.05, 0) is 47.0 Å². The third kappa shape index (κ3) is 4.94. The van der Waals surface area contributed by atoms with Crippen LogP contribution in [0.3, 0.4) is 0 Å². The average molecular weight is 255 g/mol. The quantitative estimate of drug-likeness (QED) is 0.785. The van der Waals surface area contributed by atoms with Crippen LogP contribution in [0.15, 0.2) is 0 Å². The molecular weight excluding hydrogens is 230 g/mol. The maximum Gasteiger partial charge on any atom is 0.315 e. The number of hydrogen-bond donors (Lipinski definition) is 2. The smallest absolute Gasteiger partial charge is 0.315 e. The van der Waals surface area contributed by atoms with Crippen molar-refractivity contribution in [3.8, 4) is 0 Å². The Labute approximate surface area is 109 Å². The molecule has 104 valence electrons. The third-order valence-electron chi connectivity index (χ3n) is 2.87. The SMILES string of the molecule is CC(NC(=O)NC(C)(C)C)C(=O)N1CCCCC1. The van der Waals surface area contributed by atoms with Gasteiger partial charge in [0.15, 0.2) is 0 Å². The van der Waals surface area contributed by atoms with Crippen LogP contribution in [0.5, 0.6) is 0 Å². The number of carbonyl (C=O) groups excluding carboxylic acids is 2. The van der Waals surface area contributed by atoms with Crippen LogP contribution in [0.4, 0.5) is 4.79 Å². The molecule has 2 N–H and O–H groups in total. The van der Waals surface area contributed by atoms with Gasteiger partial charge in [0.1, 0.15) is 6.04 Å². The second-order valence-corrected chi connectivity index (χ2v) is 5.96. The number of amides is 3. The standard InChI is InChI=1S/C13H25N3O2/c1-10(14-12(18)15-13(2,3)4)11(17)16-8-6-5-7-9-16/h10H,5-9H2,1-4H3,(H2,14,15,18). The van der Waals surface area contributed by atoms with Gasteiger partial charge in [-0.3, -0.25) is 4.79 Å². The lowest BCUT2D eigenvalue weighted by molar-refractivity contribution is -0.133. The Balaban J connectivity index is 2.41. The monoisotopic (exact) mass is 255 g/mol. The van der Waals surface area contributed by atoms with Crippen molar-refractivity contribution in [3.63, 3.8) is 0 Å². The highest BCUT2D eigenvalue weighted by atomic mass is 16.2. The Bertz CT molecular complexity index is 304. The van der Waals surface area contributed by atoms with Crippen LogP contribution in [0, 0.1) is 0 Å². The summed E-state index contributed by atoms with van der Waals surface area (Å²) in [6.45, 7) is 9.08. The Hall–Kier alpha value is -1.26. The van der Waals surface area contributed by atoms with E-state index in [2.05, 4.69) is 10.6 Å². The van der Waals surface area contributed by atoms with E-state index in [0.717, 1.165) is 25.9 Å². The van der Waals surface area contributed by atoms with E-state index in [1.165, 1.54) is 6.42 Å². The highest BCUT2D eigenvalue weighted by Gasteiger charge is 2.24. The highest BCUT2D eigenvalue weighted by Crippen LogP contribution is 2.10. The summed E-state index contributed by atoms with van der Waals surface area (Å²) in [6, 6.07) is -0.759. The van der Waals surface area contributed by atoms with E-state index in [1.54, 1.807) is 6.92 Å². The molecule has 1 aliphatic rings. The molecule has 0 aromatic heterocycles. The number of carbonyl (C=O) groups is 2. The van der Waals surface area contributed by atoms with Crippen LogP contribution in [0.2, 0.25) is 0 Å². The van der Waals surface area contributed by atoms with Crippen molar-refractivity contribution < 1.29 is 9.59 Å². The van der Waals surface area contributed by atoms with Crippen LogP contribution in [-0.2, 0) is 4.79 Å². The van der Waals surface area contributed by atoms with Crippen molar-refractivity contribution in [1.82, 2.24) is 15.5 Å². The third-order valence-corrected chi connectivity index (χ3v) is 2.87. The van der Waals surface area contributed by atoms with Gasteiger partial charge in [-0.15, -0.1) is 0 Å². The second-order valence-electron chi connectivity index (χ2n) is 5.96. The number of urea groups is 1. The van der Waals surface area contributed by atoms with Crippen molar-refractivity contribution in [3.05, 3.63) is 0 Å². The molecule has 0 saturated carbocycles. The molecule has 0 aromatic rings. The van der Waals surface area contributed by atoms with Crippen molar-refractivity contribution in [2.75, 3.05) is 13.1 Å². The maximum absolute atomic E-state index is 12.1. The Morgan fingerprint density at radius 1 is 1.11 bits per heavy atom. The fraction of sp³-hybridized carbons (Fsp3) is 0.846. The summed E-state index contributed by atoms with van der Waals surface area (Å²) >= 11 is 0. The van der Waals surface area contributed by atoms with Crippen molar-refractivity contribution >= 4 is 11.9 Å². The molecule has 1 fully saturated rings. The summed E-state index contributed by atoms with van der Waals surface area (Å²) in [4.78, 5) is 25.6. The van der Waals surface area contributed by atoms with Gasteiger partial charge in [-0.25, -0.2) is 4.79 Å². The molecule has 0 radical (unpaired) electrons. The molecule has 0 bridgehead atoms. The van der Waals surface area contributed by atoms with Gasteiger partial charge in [0.2, 0.25) is 5.91 Å². The van der Waals surface area contributed by atoms with E-state index < -0.39 is 6.04 Å². The van der Waals surface area contributed by atoms with Gasteiger partial charge < -0.3 is 15.5 Å². The van der Waals surface area contributed by atoms with Crippen LogP contribution >= 0.6 is 0 Å². The fourth-order valence-electron chi connectivity index (χ4n) is 2.02. The minimum atomic E-state index is -0.467. The lowest BCUT2D eigenvalue weighted by atomic mass is 10.1. The Morgan fingerprint density at radius 3 is 2.17 bits per heavy atom. The molecular formula is C13H25N3O2. The average Bonchev–Trinajstić information content (AvgIpc) is 2.26. The number of rotatable bonds is 2.